The van der Waals surface area contributed by atoms with Crippen LogP contribution in [0.15, 0.2) is 30.5 Å². The van der Waals surface area contributed by atoms with E-state index >= 15 is 0 Å². The predicted molar refractivity (Wildman–Crippen MR) is 148 cm³/mol. The number of carbonyl (C=O) groups excluding carboxylic acids is 3. The fourth-order valence-corrected chi connectivity index (χ4v) is 6.21. The highest BCUT2D eigenvalue weighted by Gasteiger charge is 2.74. The van der Waals surface area contributed by atoms with Gasteiger partial charge in [-0.15, -0.1) is 0 Å². The van der Waals surface area contributed by atoms with Crippen molar-refractivity contribution in [3.05, 3.63) is 41.7 Å². The highest BCUT2D eigenvalue weighted by Crippen LogP contribution is 2.55. The molecule has 13 heteroatoms. The van der Waals surface area contributed by atoms with Crippen LogP contribution in [-0.2, 0) is 49.5 Å². The Morgan fingerprint density at radius 3 is 2.63 bits per heavy atom. The van der Waals surface area contributed by atoms with Gasteiger partial charge >= 0.3 is 11.9 Å². The third kappa shape index (κ3) is 6.56. The van der Waals surface area contributed by atoms with Crippen molar-refractivity contribution in [3.8, 4) is 0 Å². The van der Waals surface area contributed by atoms with Gasteiger partial charge in [-0.05, 0) is 44.4 Å². The van der Waals surface area contributed by atoms with Gasteiger partial charge in [0.05, 0.1) is 32.1 Å². The number of ether oxygens (including phenoxy) is 5. The molecule has 1 amide bonds. The number of fused-ring (bicyclic) bond motifs is 4. The van der Waals surface area contributed by atoms with Crippen LogP contribution in [0.25, 0.3) is 6.08 Å². The number of rotatable bonds is 12. The molecule has 4 fully saturated rings. The fourth-order valence-electron chi connectivity index (χ4n) is 6.21. The summed E-state index contributed by atoms with van der Waals surface area (Å²) in [4.78, 5) is 46.3. The minimum absolute atomic E-state index is 0.00365. The number of hydrogen-bond acceptors (Lipinski definition) is 12. The van der Waals surface area contributed by atoms with Crippen molar-refractivity contribution in [1.29, 1.82) is 0 Å². The third-order valence-corrected chi connectivity index (χ3v) is 8.05. The molecule has 3 saturated heterocycles. The van der Waals surface area contributed by atoms with Crippen LogP contribution in [0.1, 0.15) is 51.2 Å². The number of carbonyl (C=O) groups is 3. The fraction of sp³-hybridized carbons (Fsp3) is 0.633. The van der Waals surface area contributed by atoms with Crippen LogP contribution in [0.3, 0.4) is 0 Å². The predicted octanol–water partition coefficient (Wildman–Crippen LogP) is 0.807. The van der Waals surface area contributed by atoms with Crippen LogP contribution in [0.4, 0.5) is 0 Å². The Kier molecular flexibility index (Phi) is 9.40. The Bertz CT molecular complexity index is 1200. The van der Waals surface area contributed by atoms with Crippen molar-refractivity contribution in [2.75, 3.05) is 26.6 Å². The van der Waals surface area contributed by atoms with Crippen LogP contribution in [0, 0.1) is 5.41 Å². The number of nitrogens with one attached hydrogen (secondary N) is 1. The second-order valence-corrected chi connectivity index (χ2v) is 12.2. The molecule has 5 rings (SSSR count). The van der Waals surface area contributed by atoms with Gasteiger partial charge in [-0.2, -0.15) is 5.06 Å². The monoisotopic (exact) mass is 604 g/mol. The van der Waals surface area contributed by atoms with E-state index in [4.69, 9.17) is 33.6 Å². The molecule has 3 aliphatic heterocycles. The Morgan fingerprint density at radius 1 is 1.19 bits per heavy atom. The maximum absolute atomic E-state index is 14.2. The van der Waals surface area contributed by atoms with Gasteiger partial charge in [0.1, 0.15) is 48.8 Å². The van der Waals surface area contributed by atoms with Gasteiger partial charge in [0.2, 0.25) is 5.91 Å². The summed E-state index contributed by atoms with van der Waals surface area (Å²) in [7, 11) is 0. The smallest absolute Gasteiger partial charge is 0.327 e. The lowest BCUT2D eigenvalue weighted by molar-refractivity contribution is -0.201. The Morgan fingerprint density at radius 2 is 1.93 bits per heavy atom. The first-order chi connectivity index (χ1) is 20.6. The molecule has 1 saturated carbocycles. The lowest BCUT2D eigenvalue weighted by atomic mass is 9.62. The normalized spacial score (nSPS) is 30.5. The van der Waals surface area contributed by atoms with Crippen LogP contribution >= 0.6 is 0 Å². The van der Waals surface area contributed by atoms with Crippen molar-refractivity contribution < 1.29 is 53.1 Å². The molecule has 43 heavy (non-hydrogen) atoms. The molecule has 0 unspecified atom stereocenters. The summed E-state index contributed by atoms with van der Waals surface area (Å²) in [6.07, 6.45) is 0.805. The van der Waals surface area contributed by atoms with Gasteiger partial charge < -0.3 is 39.2 Å². The molecule has 1 aromatic carbocycles. The number of esters is 2. The number of hydrogen-bond donors (Lipinski definition) is 3. The van der Waals surface area contributed by atoms with Gasteiger partial charge in [-0.25, -0.2) is 0 Å². The molecule has 236 valence electrons. The highest BCUT2D eigenvalue weighted by molar-refractivity contribution is 5.93. The molecule has 0 aromatic heterocycles. The zero-order valence-corrected chi connectivity index (χ0v) is 24.6. The van der Waals surface area contributed by atoms with Gasteiger partial charge in [0, 0.05) is 12.8 Å². The number of aliphatic hydroxyl groups excluding tert-OH is 2. The maximum atomic E-state index is 14.2. The van der Waals surface area contributed by atoms with Crippen molar-refractivity contribution >= 4 is 23.9 Å². The SMILES string of the molecule is CC(C)(C)OC(=O)CC[C@@H](CO)NC(=O)[C@@]12C[C@H]3OC(=O)[C@@H]1N(Cc1ccc(C=COCCO)cc1)O[C@@H]2[C@H]1OCO[C@H]13. The van der Waals surface area contributed by atoms with E-state index in [9.17, 15) is 19.5 Å². The summed E-state index contributed by atoms with van der Waals surface area (Å²) < 4.78 is 27.9. The van der Waals surface area contributed by atoms with E-state index in [1.807, 2.05) is 24.3 Å². The Hall–Kier alpha value is -3.07. The standard InChI is InChI=1S/C30H40N2O11/c1-29(2,3)42-22(35)9-8-20(16-34)31-28(37)30-14-21-23-24(40-17-39-23)26(30)43-32(25(30)27(36)41-21)15-19-6-4-18(5-7-19)10-12-38-13-11-33/h4-7,10,12,20-21,23-26,33-34H,8-9,11,13-17H2,1-3H3,(H,31,37)/t20-,21+,23-,24-,25-,26+,30-/m0/s1. The molecule has 3 heterocycles. The van der Waals surface area contributed by atoms with Crippen LogP contribution in [0.5, 0.6) is 0 Å². The molecule has 0 radical (unpaired) electrons. The zero-order valence-electron chi connectivity index (χ0n) is 24.6. The van der Waals surface area contributed by atoms with E-state index in [1.54, 1.807) is 26.8 Å². The van der Waals surface area contributed by atoms with Gasteiger partial charge in [0.25, 0.3) is 0 Å². The molecule has 13 nitrogen and oxygen atoms in total. The van der Waals surface area contributed by atoms with Gasteiger partial charge in [-0.3, -0.25) is 19.2 Å². The lowest BCUT2D eigenvalue weighted by Gasteiger charge is -2.49. The molecule has 4 aliphatic rings. The lowest BCUT2D eigenvalue weighted by Crippen LogP contribution is -2.70. The first kappa shape index (κ1) is 31.4. The first-order valence-corrected chi connectivity index (χ1v) is 14.5. The first-order valence-electron chi connectivity index (χ1n) is 14.5. The average Bonchev–Trinajstić information content (AvgIpc) is 3.58. The van der Waals surface area contributed by atoms with E-state index in [-0.39, 0.29) is 45.8 Å². The van der Waals surface area contributed by atoms with Crippen molar-refractivity contribution in [1.82, 2.24) is 10.4 Å². The summed E-state index contributed by atoms with van der Waals surface area (Å²) in [6, 6.07) is 5.66. The van der Waals surface area contributed by atoms with E-state index in [2.05, 4.69) is 5.32 Å². The molecular formula is C30H40N2O11. The van der Waals surface area contributed by atoms with Crippen molar-refractivity contribution in [3.63, 3.8) is 0 Å². The maximum Gasteiger partial charge on any atom is 0.327 e. The molecule has 2 bridgehead atoms. The van der Waals surface area contributed by atoms with Crippen LogP contribution in [0.2, 0.25) is 0 Å². The molecule has 1 aliphatic carbocycles. The summed E-state index contributed by atoms with van der Waals surface area (Å²) in [6.45, 7) is 5.19. The summed E-state index contributed by atoms with van der Waals surface area (Å²) in [5, 5.41) is 23.3. The molecular weight excluding hydrogens is 564 g/mol. The average molecular weight is 605 g/mol. The molecule has 1 aromatic rings. The minimum atomic E-state index is -1.37. The Labute approximate surface area is 249 Å². The van der Waals surface area contributed by atoms with E-state index in [1.165, 1.54) is 11.3 Å². The summed E-state index contributed by atoms with van der Waals surface area (Å²) in [5.41, 5.74) is -0.335. The Balaban J connectivity index is 1.35. The highest BCUT2D eigenvalue weighted by atomic mass is 16.8. The minimum Gasteiger partial charge on any atom is -0.499 e. The number of amides is 1. The van der Waals surface area contributed by atoms with Crippen molar-refractivity contribution in [2.24, 2.45) is 5.41 Å². The summed E-state index contributed by atoms with van der Waals surface area (Å²) >= 11 is 0. The molecule has 7 atom stereocenters. The number of hydroxylamine groups is 2. The number of nitrogens with zero attached hydrogens (tertiary/aromatic N) is 1. The van der Waals surface area contributed by atoms with Gasteiger partial charge in [0.15, 0.2) is 6.04 Å². The number of benzene rings is 1. The topological polar surface area (TPSA) is 162 Å². The van der Waals surface area contributed by atoms with E-state index in [0.29, 0.717) is 0 Å². The summed E-state index contributed by atoms with van der Waals surface area (Å²) in [5.74, 6) is -1.52. The van der Waals surface area contributed by atoms with E-state index in [0.717, 1.165) is 11.1 Å². The van der Waals surface area contributed by atoms with Crippen LogP contribution < -0.4 is 5.32 Å². The third-order valence-electron chi connectivity index (χ3n) is 8.05. The largest absolute Gasteiger partial charge is 0.499 e. The van der Waals surface area contributed by atoms with E-state index < -0.39 is 72.0 Å². The second-order valence-electron chi connectivity index (χ2n) is 12.2. The molecule has 0 spiro atoms. The quantitative estimate of drug-likeness (QED) is 0.175. The number of aliphatic hydroxyl groups is 2. The molecule has 3 N–H and O–H groups in total. The zero-order chi connectivity index (χ0) is 30.8. The van der Waals surface area contributed by atoms with Gasteiger partial charge in [-0.1, -0.05) is 24.3 Å². The second kappa shape index (κ2) is 12.9. The van der Waals surface area contributed by atoms with Crippen molar-refractivity contribution in [2.45, 2.75) is 88.7 Å². The van der Waals surface area contributed by atoms with Crippen LogP contribution in [-0.4, -0.2) is 102 Å².